The Morgan fingerprint density at radius 2 is 2.00 bits per heavy atom. The monoisotopic (exact) mass is 263 g/mol. The van der Waals surface area contributed by atoms with Crippen LogP contribution in [0.5, 0.6) is 0 Å². The summed E-state index contributed by atoms with van der Waals surface area (Å²) in [6, 6.07) is 3.49. The number of thiophene rings is 1. The molecular formula is C11H9N3O3S. The molecule has 92 valence electrons. The number of nitrogens with zero attached hydrogens (tertiary/aromatic N) is 2. The first-order valence-corrected chi connectivity index (χ1v) is 5.81. The molecule has 0 bridgehead atoms. The molecule has 6 nitrogen and oxygen atoms in total. The number of carbonyl (C=O) groups is 2. The van der Waals surface area contributed by atoms with Gasteiger partial charge in [-0.15, -0.1) is 11.3 Å². The summed E-state index contributed by atoms with van der Waals surface area (Å²) in [6.07, 6.45) is 2.58. The second kappa shape index (κ2) is 4.92. The van der Waals surface area contributed by atoms with Crippen LogP contribution in [-0.4, -0.2) is 27.0 Å². The molecule has 18 heavy (non-hydrogen) atoms. The van der Waals surface area contributed by atoms with Gasteiger partial charge in [0.05, 0.1) is 4.88 Å². The second-order valence-electron chi connectivity index (χ2n) is 3.42. The summed E-state index contributed by atoms with van der Waals surface area (Å²) in [6.45, 7) is 1.88. The molecule has 0 fully saturated rings. The van der Waals surface area contributed by atoms with E-state index < -0.39 is 11.9 Å². The van der Waals surface area contributed by atoms with E-state index in [0.29, 0.717) is 4.88 Å². The Morgan fingerprint density at radius 3 is 2.61 bits per heavy atom. The lowest BCUT2D eigenvalue weighted by molar-refractivity contribution is 0.0691. The van der Waals surface area contributed by atoms with E-state index >= 15 is 0 Å². The van der Waals surface area contributed by atoms with Crippen LogP contribution in [0.4, 0.5) is 5.82 Å². The summed E-state index contributed by atoms with van der Waals surface area (Å²) in [5, 5.41) is 11.3. The average Bonchev–Trinajstić information content (AvgIpc) is 2.76. The molecule has 0 aliphatic rings. The Morgan fingerprint density at radius 1 is 1.28 bits per heavy atom. The molecule has 2 rings (SSSR count). The quantitative estimate of drug-likeness (QED) is 0.880. The maximum Gasteiger partial charge on any atom is 0.358 e. The predicted molar refractivity (Wildman–Crippen MR) is 66.0 cm³/mol. The van der Waals surface area contributed by atoms with Crippen LogP contribution in [0.2, 0.25) is 0 Å². The van der Waals surface area contributed by atoms with Crippen molar-refractivity contribution in [3.8, 4) is 0 Å². The second-order valence-corrected chi connectivity index (χ2v) is 4.71. The number of hydrogen-bond donors (Lipinski definition) is 2. The summed E-state index contributed by atoms with van der Waals surface area (Å²) < 4.78 is 0. The maximum atomic E-state index is 11.8. The highest BCUT2D eigenvalue weighted by Crippen LogP contribution is 2.17. The van der Waals surface area contributed by atoms with E-state index in [-0.39, 0.29) is 11.5 Å². The van der Waals surface area contributed by atoms with Crippen LogP contribution in [0.3, 0.4) is 0 Å². The Labute approximate surface area is 106 Å². The van der Waals surface area contributed by atoms with Gasteiger partial charge in [-0.2, -0.15) is 0 Å². The summed E-state index contributed by atoms with van der Waals surface area (Å²) in [5.41, 5.74) is -0.279. The number of carboxylic acids is 1. The normalized spacial score (nSPS) is 10.1. The molecule has 0 unspecified atom stereocenters. The van der Waals surface area contributed by atoms with E-state index in [2.05, 4.69) is 15.3 Å². The molecule has 0 aliphatic heterocycles. The number of carboxylic acid groups (broad SMARTS) is 1. The van der Waals surface area contributed by atoms with Crippen LogP contribution in [0.25, 0.3) is 0 Å². The Kier molecular flexibility index (Phi) is 3.33. The number of aromatic carboxylic acids is 1. The molecule has 7 heteroatoms. The highest BCUT2D eigenvalue weighted by molar-refractivity contribution is 7.14. The van der Waals surface area contributed by atoms with Crippen molar-refractivity contribution in [2.75, 3.05) is 5.32 Å². The Hall–Kier alpha value is -2.28. The third-order valence-electron chi connectivity index (χ3n) is 2.10. The standard InChI is InChI=1S/C11H9N3O3S/c1-6-2-3-7(18-6)10(15)14-9-8(11(16)17)12-4-5-13-9/h2-5H,1H3,(H,16,17)(H,13,14,15). The van der Waals surface area contributed by atoms with Crippen LogP contribution < -0.4 is 5.32 Å². The van der Waals surface area contributed by atoms with E-state index in [1.807, 2.05) is 13.0 Å². The lowest BCUT2D eigenvalue weighted by Gasteiger charge is -2.04. The molecule has 0 saturated carbocycles. The number of hydrogen-bond acceptors (Lipinski definition) is 5. The zero-order chi connectivity index (χ0) is 13.1. The maximum absolute atomic E-state index is 11.8. The fraction of sp³-hybridized carbons (Fsp3) is 0.0909. The SMILES string of the molecule is Cc1ccc(C(=O)Nc2nccnc2C(=O)O)s1. The van der Waals surface area contributed by atoms with Gasteiger partial charge in [0.2, 0.25) is 0 Å². The fourth-order valence-corrected chi connectivity index (χ4v) is 2.07. The van der Waals surface area contributed by atoms with E-state index in [1.165, 1.54) is 23.7 Å². The van der Waals surface area contributed by atoms with Crippen LogP contribution in [-0.2, 0) is 0 Å². The largest absolute Gasteiger partial charge is 0.476 e. The van der Waals surface area contributed by atoms with Crippen LogP contribution >= 0.6 is 11.3 Å². The van der Waals surface area contributed by atoms with E-state index in [1.54, 1.807) is 6.07 Å². The Bertz CT molecular complexity index is 609. The van der Waals surface area contributed by atoms with Crippen molar-refractivity contribution in [3.05, 3.63) is 40.0 Å². The first kappa shape index (κ1) is 12.2. The van der Waals surface area contributed by atoms with Gasteiger partial charge >= 0.3 is 5.97 Å². The van der Waals surface area contributed by atoms with Crippen molar-refractivity contribution >= 4 is 29.0 Å². The number of rotatable bonds is 3. The minimum absolute atomic E-state index is 0.0546. The molecule has 0 saturated heterocycles. The highest BCUT2D eigenvalue weighted by Gasteiger charge is 2.16. The van der Waals surface area contributed by atoms with Crippen LogP contribution in [0, 0.1) is 6.92 Å². The third kappa shape index (κ3) is 2.51. The van der Waals surface area contributed by atoms with Gasteiger partial charge in [0.1, 0.15) is 0 Å². The zero-order valence-corrected chi connectivity index (χ0v) is 10.2. The molecule has 2 aromatic rings. The van der Waals surface area contributed by atoms with Crippen molar-refractivity contribution in [1.82, 2.24) is 9.97 Å². The van der Waals surface area contributed by atoms with Crippen LogP contribution in [0.1, 0.15) is 25.0 Å². The highest BCUT2D eigenvalue weighted by atomic mass is 32.1. The first-order valence-electron chi connectivity index (χ1n) is 5.00. The molecule has 0 radical (unpaired) electrons. The molecule has 1 amide bonds. The molecule has 2 heterocycles. The topological polar surface area (TPSA) is 92.2 Å². The number of nitrogens with one attached hydrogen (secondary N) is 1. The summed E-state index contributed by atoms with van der Waals surface area (Å²) in [5.74, 6) is -1.68. The molecule has 0 atom stereocenters. The molecule has 2 N–H and O–H groups in total. The number of amides is 1. The number of anilines is 1. The summed E-state index contributed by atoms with van der Waals surface area (Å²) >= 11 is 1.32. The minimum atomic E-state index is -1.24. The fourth-order valence-electron chi connectivity index (χ4n) is 1.31. The number of aryl methyl sites for hydroxylation is 1. The summed E-state index contributed by atoms with van der Waals surface area (Å²) in [4.78, 5) is 31.7. The van der Waals surface area contributed by atoms with Gasteiger partial charge in [-0.25, -0.2) is 14.8 Å². The van der Waals surface area contributed by atoms with Gasteiger partial charge in [0.15, 0.2) is 11.5 Å². The van der Waals surface area contributed by atoms with Gasteiger partial charge in [-0.1, -0.05) is 0 Å². The number of carbonyl (C=O) groups excluding carboxylic acids is 1. The van der Waals surface area contributed by atoms with Gasteiger partial charge in [-0.05, 0) is 19.1 Å². The molecule has 0 aliphatic carbocycles. The third-order valence-corrected chi connectivity index (χ3v) is 3.10. The van der Waals surface area contributed by atoms with Gasteiger partial charge < -0.3 is 10.4 Å². The number of aromatic nitrogens is 2. The molecular weight excluding hydrogens is 254 g/mol. The Balaban J connectivity index is 2.24. The van der Waals surface area contributed by atoms with Crippen LogP contribution in [0.15, 0.2) is 24.5 Å². The van der Waals surface area contributed by atoms with Gasteiger partial charge in [0, 0.05) is 17.3 Å². The van der Waals surface area contributed by atoms with Crippen molar-refractivity contribution in [2.45, 2.75) is 6.92 Å². The van der Waals surface area contributed by atoms with Crippen molar-refractivity contribution in [1.29, 1.82) is 0 Å². The zero-order valence-electron chi connectivity index (χ0n) is 9.38. The first-order chi connectivity index (χ1) is 8.58. The molecule has 0 spiro atoms. The van der Waals surface area contributed by atoms with E-state index in [9.17, 15) is 9.59 Å². The molecule has 0 aromatic carbocycles. The van der Waals surface area contributed by atoms with Crippen molar-refractivity contribution < 1.29 is 14.7 Å². The lowest BCUT2D eigenvalue weighted by atomic mass is 10.3. The summed E-state index contributed by atoms with van der Waals surface area (Å²) in [7, 11) is 0. The average molecular weight is 263 g/mol. The molecule has 2 aromatic heterocycles. The predicted octanol–water partition coefficient (Wildman–Crippen LogP) is 1.80. The van der Waals surface area contributed by atoms with Crippen molar-refractivity contribution in [2.24, 2.45) is 0 Å². The van der Waals surface area contributed by atoms with Crippen molar-refractivity contribution in [3.63, 3.8) is 0 Å². The van der Waals surface area contributed by atoms with E-state index in [0.717, 1.165) is 4.88 Å². The lowest BCUT2D eigenvalue weighted by Crippen LogP contribution is -2.16. The van der Waals surface area contributed by atoms with Gasteiger partial charge in [0.25, 0.3) is 5.91 Å². The van der Waals surface area contributed by atoms with Gasteiger partial charge in [-0.3, -0.25) is 4.79 Å². The minimum Gasteiger partial charge on any atom is -0.476 e. The van der Waals surface area contributed by atoms with E-state index in [4.69, 9.17) is 5.11 Å². The smallest absolute Gasteiger partial charge is 0.358 e.